The summed E-state index contributed by atoms with van der Waals surface area (Å²) in [5.41, 5.74) is 0.829. The largest absolute Gasteiger partial charge is 0.493 e. The number of carbonyl (C=O) groups is 1. The number of methoxy groups -OCH3 is 1. The maximum absolute atomic E-state index is 11.6. The summed E-state index contributed by atoms with van der Waals surface area (Å²) in [6.45, 7) is 4.62. The Labute approximate surface area is 125 Å². The number of hydrogen-bond donors (Lipinski definition) is 0. The molecule has 0 heterocycles. The number of esters is 1. The smallest absolute Gasteiger partial charge is 0.323 e. The molecule has 5 nitrogen and oxygen atoms in total. The van der Waals surface area contributed by atoms with Crippen LogP contribution in [0.2, 0.25) is 0 Å². The zero-order valence-electron chi connectivity index (χ0n) is 12.7. The molecule has 0 N–H and O–H groups in total. The van der Waals surface area contributed by atoms with Crippen molar-refractivity contribution in [1.82, 2.24) is 0 Å². The molecule has 0 radical (unpaired) electrons. The van der Waals surface area contributed by atoms with E-state index in [1.165, 1.54) is 0 Å². The number of ether oxygens (including phenoxy) is 3. The highest BCUT2D eigenvalue weighted by Crippen LogP contribution is 2.29. The summed E-state index contributed by atoms with van der Waals surface area (Å²) in [4.78, 5) is 11.6. The lowest BCUT2D eigenvalue weighted by Gasteiger charge is -2.13. The van der Waals surface area contributed by atoms with Crippen LogP contribution in [-0.2, 0) is 16.0 Å². The van der Waals surface area contributed by atoms with Gasteiger partial charge < -0.3 is 14.2 Å². The molecule has 0 spiro atoms. The lowest BCUT2D eigenvalue weighted by atomic mass is 10.0. The standard InChI is InChI=1S/C16H21NO4/c1-4-8-21-14-7-6-12(10-15(14)19-3)9-13(11-17)16(18)20-5-2/h6-7,10,13H,4-5,8-9H2,1-3H3. The average Bonchev–Trinajstić information content (AvgIpc) is 2.51. The summed E-state index contributed by atoms with van der Waals surface area (Å²) in [6, 6.07) is 7.39. The number of rotatable bonds is 8. The maximum atomic E-state index is 11.6. The molecule has 0 aliphatic heterocycles. The molecule has 1 aromatic carbocycles. The Balaban J connectivity index is 2.84. The van der Waals surface area contributed by atoms with Gasteiger partial charge in [0.15, 0.2) is 11.5 Å². The second kappa shape index (κ2) is 8.85. The van der Waals surface area contributed by atoms with Crippen LogP contribution in [0.4, 0.5) is 0 Å². The Morgan fingerprint density at radius 3 is 2.67 bits per heavy atom. The van der Waals surface area contributed by atoms with Crippen molar-refractivity contribution in [1.29, 1.82) is 5.26 Å². The minimum atomic E-state index is -0.808. The third-order valence-corrected chi connectivity index (χ3v) is 2.86. The number of benzene rings is 1. The normalized spacial score (nSPS) is 11.3. The molecule has 1 unspecified atom stereocenters. The van der Waals surface area contributed by atoms with Crippen LogP contribution in [0.3, 0.4) is 0 Å². The third kappa shape index (κ3) is 4.99. The van der Waals surface area contributed by atoms with Crippen molar-refractivity contribution in [3.63, 3.8) is 0 Å². The first-order valence-electron chi connectivity index (χ1n) is 7.02. The van der Waals surface area contributed by atoms with Crippen LogP contribution in [0.25, 0.3) is 0 Å². The van der Waals surface area contributed by atoms with Crippen LogP contribution >= 0.6 is 0 Å². The second-order valence-corrected chi connectivity index (χ2v) is 4.47. The van der Waals surface area contributed by atoms with E-state index in [0.29, 0.717) is 24.5 Å². The van der Waals surface area contributed by atoms with E-state index in [9.17, 15) is 4.79 Å². The van der Waals surface area contributed by atoms with Gasteiger partial charge in [-0.1, -0.05) is 13.0 Å². The van der Waals surface area contributed by atoms with Gasteiger partial charge in [0.1, 0.15) is 5.92 Å². The molecule has 0 fully saturated rings. The first kappa shape index (κ1) is 16.8. The molecule has 0 amide bonds. The van der Waals surface area contributed by atoms with Crippen molar-refractivity contribution >= 4 is 5.97 Å². The molecule has 0 saturated heterocycles. The third-order valence-electron chi connectivity index (χ3n) is 2.86. The van der Waals surface area contributed by atoms with E-state index < -0.39 is 11.9 Å². The van der Waals surface area contributed by atoms with Crippen molar-refractivity contribution in [2.24, 2.45) is 5.92 Å². The Morgan fingerprint density at radius 2 is 2.10 bits per heavy atom. The first-order valence-corrected chi connectivity index (χ1v) is 7.02. The van der Waals surface area contributed by atoms with Crippen LogP contribution in [0.1, 0.15) is 25.8 Å². The van der Waals surface area contributed by atoms with Crippen molar-refractivity contribution in [2.45, 2.75) is 26.7 Å². The first-order chi connectivity index (χ1) is 10.2. The van der Waals surface area contributed by atoms with E-state index in [1.54, 1.807) is 26.2 Å². The van der Waals surface area contributed by atoms with Gasteiger partial charge in [-0.25, -0.2) is 0 Å². The number of nitrogens with zero attached hydrogens (tertiary/aromatic N) is 1. The zero-order valence-corrected chi connectivity index (χ0v) is 12.7. The predicted octanol–water partition coefficient (Wildman–Crippen LogP) is 2.73. The fourth-order valence-electron chi connectivity index (χ4n) is 1.83. The van der Waals surface area contributed by atoms with Crippen LogP contribution in [-0.4, -0.2) is 26.3 Å². The van der Waals surface area contributed by atoms with Gasteiger partial charge in [-0.2, -0.15) is 5.26 Å². The van der Waals surface area contributed by atoms with E-state index in [2.05, 4.69) is 0 Å². The summed E-state index contributed by atoms with van der Waals surface area (Å²) in [7, 11) is 1.56. The lowest BCUT2D eigenvalue weighted by Crippen LogP contribution is -2.18. The Morgan fingerprint density at radius 1 is 1.33 bits per heavy atom. The summed E-state index contributed by atoms with van der Waals surface area (Å²) in [5, 5.41) is 9.07. The summed E-state index contributed by atoms with van der Waals surface area (Å²) in [6.07, 6.45) is 1.20. The van der Waals surface area contributed by atoms with Gasteiger partial charge in [-0.05, 0) is 37.5 Å². The van der Waals surface area contributed by atoms with Crippen molar-refractivity contribution in [2.75, 3.05) is 20.3 Å². The lowest BCUT2D eigenvalue weighted by molar-refractivity contribution is -0.145. The van der Waals surface area contributed by atoms with Crippen LogP contribution in [0, 0.1) is 17.2 Å². The molecule has 0 aromatic heterocycles. The van der Waals surface area contributed by atoms with E-state index in [4.69, 9.17) is 19.5 Å². The second-order valence-electron chi connectivity index (χ2n) is 4.47. The van der Waals surface area contributed by atoms with Gasteiger partial charge in [0.25, 0.3) is 0 Å². The Bertz CT molecular complexity index is 507. The molecule has 0 aliphatic rings. The molecule has 1 atom stereocenters. The number of hydrogen-bond acceptors (Lipinski definition) is 5. The van der Waals surface area contributed by atoms with Gasteiger partial charge >= 0.3 is 5.97 Å². The zero-order chi connectivity index (χ0) is 15.7. The van der Waals surface area contributed by atoms with Gasteiger partial charge in [-0.3, -0.25) is 4.79 Å². The van der Waals surface area contributed by atoms with Gasteiger partial charge in [0.05, 0.1) is 26.4 Å². The molecule has 0 aliphatic carbocycles. The Kier molecular flexibility index (Phi) is 7.10. The highest BCUT2D eigenvalue weighted by atomic mass is 16.5. The minimum Gasteiger partial charge on any atom is -0.493 e. The number of nitriles is 1. The molecule has 114 valence electrons. The Hall–Kier alpha value is -2.22. The SMILES string of the molecule is CCCOc1ccc(CC(C#N)C(=O)OCC)cc1OC. The fourth-order valence-corrected chi connectivity index (χ4v) is 1.83. The van der Waals surface area contributed by atoms with E-state index >= 15 is 0 Å². The molecular formula is C16H21NO4. The van der Waals surface area contributed by atoms with Crippen LogP contribution < -0.4 is 9.47 Å². The quantitative estimate of drug-likeness (QED) is 0.689. The van der Waals surface area contributed by atoms with Crippen LogP contribution in [0.5, 0.6) is 11.5 Å². The molecular weight excluding hydrogens is 270 g/mol. The predicted molar refractivity (Wildman–Crippen MR) is 78.2 cm³/mol. The molecule has 21 heavy (non-hydrogen) atoms. The van der Waals surface area contributed by atoms with Gasteiger partial charge in [-0.15, -0.1) is 0 Å². The van der Waals surface area contributed by atoms with Crippen molar-refractivity contribution < 1.29 is 19.0 Å². The van der Waals surface area contributed by atoms with Gasteiger partial charge in [0.2, 0.25) is 0 Å². The molecule has 0 bridgehead atoms. The number of carbonyl (C=O) groups excluding carboxylic acids is 1. The van der Waals surface area contributed by atoms with Crippen LogP contribution in [0.15, 0.2) is 18.2 Å². The van der Waals surface area contributed by atoms with E-state index in [-0.39, 0.29) is 6.61 Å². The van der Waals surface area contributed by atoms with E-state index in [0.717, 1.165) is 12.0 Å². The molecule has 1 aromatic rings. The summed E-state index contributed by atoms with van der Waals surface area (Å²) >= 11 is 0. The topological polar surface area (TPSA) is 68.5 Å². The molecule has 1 rings (SSSR count). The average molecular weight is 291 g/mol. The summed E-state index contributed by atoms with van der Waals surface area (Å²) in [5.74, 6) is -0.0448. The molecule has 5 heteroatoms. The fraction of sp³-hybridized carbons (Fsp3) is 0.500. The maximum Gasteiger partial charge on any atom is 0.323 e. The molecule has 0 saturated carbocycles. The monoisotopic (exact) mass is 291 g/mol. The minimum absolute atomic E-state index is 0.268. The van der Waals surface area contributed by atoms with E-state index in [1.807, 2.05) is 19.1 Å². The van der Waals surface area contributed by atoms with Gasteiger partial charge in [0, 0.05) is 0 Å². The van der Waals surface area contributed by atoms with Crippen molar-refractivity contribution in [3.05, 3.63) is 23.8 Å². The summed E-state index contributed by atoms with van der Waals surface area (Å²) < 4.78 is 15.7. The highest BCUT2D eigenvalue weighted by Gasteiger charge is 2.20. The van der Waals surface area contributed by atoms with Crippen molar-refractivity contribution in [3.8, 4) is 17.6 Å². The highest BCUT2D eigenvalue weighted by molar-refractivity contribution is 5.75.